The number of nitrogens with one attached hydrogen (secondary N) is 2. The standard InChI is InChI=1S/C16H27N3OS.HI/c1-5-17-16(19-12-13(2)21-4)18-11-10-14-8-6-7-9-15(14)20-3;/h6-9,13H,5,10-12H2,1-4H3,(H2,17,18,19);1H. The second-order valence-electron chi connectivity index (χ2n) is 4.75. The first-order valence-electron chi connectivity index (χ1n) is 7.38. The fourth-order valence-electron chi connectivity index (χ4n) is 1.86. The number of para-hydroxylation sites is 1. The van der Waals surface area contributed by atoms with Crippen LogP contribution in [-0.2, 0) is 6.42 Å². The molecule has 1 rings (SSSR count). The van der Waals surface area contributed by atoms with Crippen molar-refractivity contribution in [1.29, 1.82) is 0 Å². The Morgan fingerprint density at radius 2 is 2.05 bits per heavy atom. The predicted octanol–water partition coefficient (Wildman–Crippen LogP) is 3.16. The van der Waals surface area contributed by atoms with Gasteiger partial charge in [-0.1, -0.05) is 25.1 Å². The fourth-order valence-corrected chi connectivity index (χ4v) is 2.08. The van der Waals surface area contributed by atoms with Crippen LogP contribution in [0.2, 0.25) is 0 Å². The van der Waals surface area contributed by atoms with Crippen molar-refractivity contribution in [3.8, 4) is 5.75 Å². The van der Waals surface area contributed by atoms with Gasteiger partial charge in [0.2, 0.25) is 0 Å². The molecule has 0 saturated carbocycles. The highest BCUT2D eigenvalue weighted by molar-refractivity contribution is 14.0. The van der Waals surface area contributed by atoms with E-state index in [1.165, 1.54) is 5.56 Å². The van der Waals surface area contributed by atoms with Crippen molar-refractivity contribution in [3.05, 3.63) is 29.8 Å². The maximum absolute atomic E-state index is 5.37. The first kappa shape index (κ1) is 21.4. The second kappa shape index (κ2) is 12.9. The Morgan fingerprint density at radius 1 is 1.32 bits per heavy atom. The molecule has 0 amide bonds. The number of aliphatic imine (C=N–C) groups is 1. The molecular weight excluding hydrogens is 409 g/mol. The molecule has 126 valence electrons. The van der Waals surface area contributed by atoms with Gasteiger partial charge in [0.05, 0.1) is 13.7 Å². The molecule has 1 unspecified atom stereocenters. The molecule has 0 aliphatic rings. The SMILES string of the molecule is CCNC(=NCC(C)SC)NCCc1ccccc1OC.I. The monoisotopic (exact) mass is 437 g/mol. The minimum atomic E-state index is 0. The molecule has 0 radical (unpaired) electrons. The highest BCUT2D eigenvalue weighted by Crippen LogP contribution is 2.17. The van der Waals surface area contributed by atoms with Crippen LogP contribution in [0.1, 0.15) is 19.4 Å². The van der Waals surface area contributed by atoms with Gasteiger partial charge in [-0.25, -0.2) is 0 Å². The summed E-state index contributed by atoms with van der Waals surface area (Å²) < 4.78 is 5.37. The molecule has 22 heavy (non-hydrogen) atoms. The van der Waals surface area contributed by atoms with E-state index in [9.17, 15) is 0 Å². The summed E-state index contributed by atoms with van der Waals surface area (Å²) in [5.41, 5.74) is 1.21. The van der Waals surface area contributed by atoms with E-state index in [0.29, 0.717) is 5.25 Å². The average Bonchev–Trinajstić information content (AvgIpc) is 2.52. The number of nitrogens with zero attached hydrogens (tertiary/aromatic N) is 1. The zero-order chi connectivity index (χ0) is 15.5. The molecule has 2 N–H and O–H groups in total. The highest BCUT2D eigenvalue weighted by atomic mass is 127. The van der Waals surface area contributed by atoms with Gasteiger partial charge < -0.3 is 15.4 Å². The Hall–Kier alpha value is -0.630. The number of thioether (sulfide) groups is 1. The van der Waals surface area contributed by atoms with Crippen molar-refractivity contribution >= 4 is 41.7 Å². The van der Waals surface area contributed by atoms with Gasteiger partial charge in [0.25, 0.3) is 0 Å². The van der Waals surface area contributed by atoms with Gasteiger partial charge in [-0.3, -0.25) is 4.99 Å². The van der Waals surface area contributed by atoms with Crippen LogP contribution in [0.4, 0.5) is 0 Å². The van der Waals surface area contributed by atoms with Crippen LogP contribution in [0.3, 0.4) is 0 Å². The van der Waals surface area contributed by atoms with E-state index >= 15 is 0 Å². The number of methoxy groups -OCH3 is 1. The van der Waals surface area contributed by atoms with Crippen LogP contribution < -0.4 is 15.4 Å². The molecule has 0 fully saturated rings. The van der Waals surface area contributed by atoms with E-state index in [1.807, 2.05) is 30.0 Å². The minimum absolute atomic E-state index is 0. The topological polar surface area (TPSA) is 45.7 Å². The number of rotatable bonds is 8. The first-order valence-corrected chi connectivity index (χ1v) is 8.66. The molecule has 6 heteroatoms. The van der Waals surface area contributed by atoms with Crippen LogP contribution in [-0.4, -0.2) is 44.2 Å². The maximum Gasteiger partial charge on any atom is 0.191 e. The van der Waals surface area contributed by atoms with Crippen molar-refractivity contribution in [2.24, 2.45) is 4.99 Å². The summed E-state index contributed by atoms with van der Waals surface area (Å²) in [4.78, 5) is 4.60. The molecule has 0 saturated heterocycles. The lowest BCUT2D eigenvalue weighted by Gasteiger charge is -2.13. The summed E-state index contributed by atoms with van der Waals surface area (Å²) in [6.45, 7) is 6.79. The van der Waals surface area contributed by atoms with Gasteiger partial charge in [-0.2, -0.15) is 11.8 Å². The van der Waals surface area contributed by atoms with E-state index in [1.54, 1.807) is 7.11 Å². The van der Waals surface area contributed by atoms with Crippen LogP contribution in [0, 0.1) is 0 Å². The van der Waals surface area contributed by atoms with Crippen molar-refractivity contribution in [2.75, 3.05) is 33.0 Å². The largest absolute Gasteiger partial charge is 0.496 e. The lowest BCUT2D eigenvalue weighted by Crippen LogP contribution is -2.38. The molecule has 0 aliphatic carbocycles. The van der Waals surface area contributed by atoms with Gasteiger partial charge in [-0.15, -0.1) is 24.0 Å². The molecule has 0 bridgehead atoms. The van der Waals surface area contributed by atoms with Crippen molar-refractivity contribution in [3.63, 3.8) is 0 Å². The minimum Gasteiger partial charge on any atom is -0.496 e. The van der Waals surface area contributed by atoms with E-state index in [4.69, 9.17) is 4.74 Å². The number of ether oxygens (including phenoxy) is 1. The Morgan fingerprint density at radius 3 is 2.68 bits per heavy atom. The molecule has 1 aromatic carbocycles. The third-order valence-electron chi connectivity index (χ3n) is 3.13. The van der Waals surface area contributed by atoms with Crippen molar-refractivity contribution < 1.29 is 4.74 Å². The van der Waals surface area contributed by atoms with Crippen molar-refractivity contribution in [2.45, 2.75) is 25.5 Å². The quantitative estimate of drug-likeness (QED) is 0.373. The van der Waals surface area contributed by atoms with Crippen LogP contribution >= 0.6 is 35.7 Å². The molecule has 1 aromatic rings. The van der Waals surface area contributed by atoms with E-state index in [0.717, 1.165) is 37.8 Å². The number of halogens is 1. The predicted molar refractivity (Wildman–Crippen MR) is 109 cm³/mol. The molecule has 0 spiro atoms. The smallest absolute Gasteiger partial charge is 0.191 e. The van der Waals surface area contributed by atoms with Crippen LogP contribution in [0.15, 0.2) is 29.3 Å². The number of guanidine groups is 1. The van der Waals surface area contributed by atoms with Gasteiger partial charge in [0.1, 0.15) is 5.75 Å². The third kappa shape index (κ3) is 8.12. The van der Waals surface area contributed by atoms with E-state index in [-0.39, 0.29) is 24.0 Å². The zero-order valence-corrected chi connectivity index (χ0v) is 17.0. The van der Waals surface area contributed by atoms with Crippen LogP contribution in [0.5, 0.6) is 5.75 Å². The average molecular weight is 437 g/mol. The fraction of sp³-hybridized carbons (Fsp3) is 0.562. The molecule has 0 aliphatic heterocycles. The Kier molecular flexibility index (Phi) is 12.5. The Labute approximate surface area is 155 Å². The number of hydrogen-bond donors (Lipinski definition) is 2. The zero-order valence-electron chi connectivity index (χ0n) is 13.9. The normalized spacial score (nSPS) is 12.3. The Bertz CT molecular complexity index is 443. The molecule has 4 nitrogen and oxygen atoms in total. The molecule has 0 aromatic heterocycles. The first-order chi connectivity index (χ1) is 10.2. The summed E-state index contributed by atoms with van der Waals surface area (Å²) in [7, 11) is 1.71. The Balaban J connectivity index is 0.00000441. The summed E-state index contributed by atoms with van der Waals surface area (Å²) in [5, 5.41) is 7.19. The van der Waals surface area contributed by atoms with E-state index in [2.05, 4.69) is 41.8 Å². The maximum atomic E-state index is 5.37. The van der Waals surface area contributed by atoms with Crippen LogP contribution in [0.25, 0.3) is 0 Å². The molecule has 0 heterocycles. The summed E-state index contributed by atoms with van der Waals surface area (Å²) in [5.74, 6) is 1.82. The lowest BCUT2D eigenvalue weighted by molar-refractivity contribution is 0.409. The molecule has 1 atom stereocenters. The molecular formula is C16H28IN3OS. The summed E-state index contributed by atoms with van der Waals surface area (Å²) >= 11 is 1.83. The second-order valence-corrected chi connectivity index (χ2v) is 6.03. The summed E-state index contributed by atoms with van der Waals surface area (Å²) in [6, 6.07) is 8.12. The third-order valence-corrected chi connectivity index (χ3v) is 4.09. The highest BCUT2D eigenvalue weighted by Gasteiger charge is 2.03. The van der Waals surface area contributed by atoms with Gasteiger partial charge in [-0.05, 0) is 31.2 Å². The van der Waals surface area contributed by atoms with Crippen molar-refractivity contribution in [1.82, 2.24) is 10.6 Å². The lowest BCUT2D eigenvalue weighted by atomic mass is 10.1. The van der Waals surface area contributed by atoms with E-state index < -0.39 is 0 Å². The summed E-state index contributed by atoms with van der Waals surface area (Å²) in [6.07, 6.45) is 3.02. The number of hydrogen-bond acceptors (Lipinski definition) is 3. The van der Waals surface area contributed by atoms with Gasteiger partial charge >= 0.3 is 0 Å². The van der Waals surface area contributed by atoms with Gasteiger partial charge in [0, 0.05) is 18.3 Å². The number of benzene rings is 1. The van der Waals surface area contributed by atoms with Gasteiger partial charge in [0.15, 0.2) is 5.96 Å².